The van der Waals surface area contributed by atoms with Crippen LogP contribution in [0.25, 0.3) is 5.82 Å². The standard InChI is InChI=1S/C24H22F6N6O3/c1-13-11-39-6-5-35(13)22(38)15-3-4-19(31-10-15)36-20(32-12-33-36)14(2)34-21(37)16-7-17(23(25,26)27)9-18(8-16)24(28,29)30/h3-4,7-10,12-14H,5-6,11H2,1-2H3,(H,34,37)/t13-,14-/m0/s1. The lowest BCUT2D eigenvalue weighted by Crippen LogP contribution is -2.47. The normalized spacial score (nSPS) is 17.1. The van der Waals surface area contributed by atoms with Gasteiger partial charge in [0, 0.05) is 18.3 Å². The first-order valence-electron chi connectivity index (χ1n) is 11.6. The van der Waals surface area contributed by atoms with Crippen LogP contribution >= 0.6 is 0 Å². The number of morpholine rings is 1. The SMILES string of the molecule is C[C@H](NC(=O)c1cc(C(F)(F)F)cc(C(F)(F)F)c1)c1ncnn1-c1ccc(C(=O)N2CCOC[C@@H]2C)cn1. The Morgan fingerprint density at radius 1 is 1.03 bits per heavy atom. The van der Waals surface area contributed by atoms with Crippen LogP contribution in [0.15, 0.2) is 42.9 Å². The van der Waals surface area contributed by atoms with Crippen molar-refractivity contribution >= 4 is 11.8 Å². The molecule has 1 fully saturated rings. The first kappa shape index (κ1) is 28.0. The van der Waals surface area contributed by atoms with Crippen molar-refractivity contribution < 1.29 is 40.7 Å². The summed E-state index contributed by atoms with van der Waals surface area (Å²) in [4.78, 5) is 35.4. The highest BCUT2D eigenvalue weighted by Crippen LogP contribution is 2.36. The van der Waals surface area contributed by atoms with Crippen LogP contribution in [0.1, 0.15) is 57.6 Å². The minimum Gasteiger partial charge on any atom is -0.377 e. The first-order valence-corrected chi connectivity index (χ1v) is 11.6. The minimum atomic E-state index is -5.10. The van der Waals surface area contributed by atoms with Crippen molar-refractivity contribution in [2.75, 3.05) is 19.8 Å². The fourth-order valence-corrected chi connectivity index (χ4v) is 3.99. The summed E-state index contributed by atoms with van der Waals surface area (Å²) in [7, 11) is 0. The summed E-state index contributed by atoms with van der Waals surface area (Å²) in [6.07, 6.45) is -7.71. The smallest absolute Gasteiger partial charge is 0.377 e. The Morgan fingerprint density at radius 2 is 1.69 bits per heavy atom. The van der Waals surface area contributed by atoms with E-state index in [2.05, 4.69) is 20.4 Å². The number of nitrogens with one attached hydrogen (secondary N) is 1. The molecule has 3 heterocycles. The molecular weight excluding hydrogens is 534 g/mol. The van der Waals surface area contributed by atoms with Crippen molar-refractivity contribution in [1.82, 2.24) is 30.0 Å². The number of rotatable bonds is 5. The molecule has 4 rings (SSSR count). The lowest BCUT2D eigenvalue weighted by molar-refractivity contribution is -0.143. The van der Waals surface area contributed by atoms with Gasteiger partial charge in [0.25, 0.3) is 11.8 Å². The van der Waals surface area contributed by atoms with Crippen LogP contribution in [0.4, 0.5) is 26.3 Å². The molecule has 1 aliphatic rings. The predicted octanol–water partition coefficient (Wildman–Crippen LogP) is 4.05. The molecule has 39 heavy (non-hydrogen) atoms. The summed E-state index contributed by atoms with van der Waals surface area (Å²) in [5, 5.41) is 6.39. The van der Waals surface area contributed by atoms with Crippen molar-refractivity contribution in [2.24, 2.45) is 0 Å². The zero-order valence-corrected chi connectivity index (χ0v) is 20.5. The van der Waals surface area contributed by atoms with Crippen molar-refractivity contribution in [1.29, 1.82) is 0 Å². The van der Waals surface area contributed by atoms with E-state index in [0.29, 0.717) is 37.5 Å². The number of alkyl halides is 6. The molecule has 0 radical (unpaired) electrons. The van der Waals surface area contributed by atoms with E-state index in [1.54, 1.807) is 4.90 Å². The highest BCUT2D eigenvalue weighted by Gasteiger charge is 2.37. The number of carbonyl (C=O) groups excluding carboxylic acids is 2. The average molecular weight is 556 g/mol. The highest BCUT2D eigenvalue weighted by molar-refractivity contribution is 5.95. The Balaban J connectivity index is 1.54. The summed E-state index contributed by atoms with van der Waals surface area (Å²) < 4.78 is 85.6. The number of pyridine rings is 1. The molecule has 1 aromatic carbocycles. The fraction of sp³-hybridized carbons (Fsp3) is 0.375. The van der Waals surface area contributed by atoms with Gasteiger partial charge in [-0.05, 0) is 44.2 Å². The molecule has 15 heteroatoms. The fourth-order valence-electron chi connectivity index (χ4n) is 3.99. The Hall–Kier alpha value is -4.01. The Labute approximate surface area is 217 Å². The molecule has 0 saturated carbocycles. The van der Waals surface area contributed by atoms with Crippen molar-refractivity contribution in [3.63, 3.8) is 0 Å². The molecule has 0 spiro atoms. The zero-order chi connectivity index (χ0) is 28.5. The van der Waals surface area contributed by atoms with Crippen LogP contribution in [-0.2, 0) is 17.1 Å². The monoisotopic (exact) mass is 556 g/mol. The van der Waals surface area contributed by atoms with Gasteiger partial charge in [0.05, 0.1) is 42.0 Å². The van der Waals surface area contributed by atoms with Crippen molar-refractivity contribution in [3.8, 4) is 5.82 Å². The van der Waals surface area contributed by atoms with Crippen LogP contribution in [0.5, 0.6) is 0 Å². The van der Waals surface area contributed by atoms with Crippen molar-refractivity contribution in [3.05, 3.63) is 70.9 Å². The number of hydrogen-bond acceptors (Lipinski definition) is 6. The molecule has 0 unspecified atom stereocenters. The largest absolute Gasteiger partial charge is 0.416 e. The van der Waals surface area contributed by atoms with E-state index < -0.39 is 41.0 Å². The molecule has 2 amide bonds. The number of ether oxygens (including phenoxy) is 1. The van der Waals surface area contributed by atoms with E-state index in [9.17, 15) is 35.9 Å². The molecule has 0 aliphatic carbocycles. The summed E-state index contributed by atoms with van der Waals surface area (Å²) in [6, 6.07) is 2.54. The number of amides is 2. The van der Waals surface area contributed by atoms with Gasteiger partial charge in [-0.2, -0.15) is 36.1 Å². The van der Waals surface area contributed by atoms with Gasteiger partial charge in [-0.25, -0.2) is 9.97 Å². The lowest BCUT2D eigenvalue weighted by Gasteiger charge is -2.33. The van der Waals surface area contributed by atoms with Crippen LogP contribution in [0.2, 0.25) is 0 Å². The summed E-state index contributed by atoms with van der Waals surface area (Å²) in [5.41, 5.74) is -3.72. The van der Waals surface area contributed by atoms with Crippen LogP contribution in [0.3, 0.4) is 0 Å². The molecule has 2 aromatic heterocycles. The second-order valence-electron chi connectivity index (χ2n) is 8.85. The summed E-state index contributed by atoms with van der Waals surface area (Å²) in [6.45, 7) is 4.56. The van der Waals surface area contributed by atoms with E-state index in [-0.39, 0.29) is 29.7 Å². The third-order valence-corrected chi connectivity index (χ3v) is 6.00. The molecule has 1 saturated heterocycles. The third-order valence-electron chi connectivity index (χ3n) is 6.00. The zero-order valence-electron chi connectivity index (χ0n) is 20.5. The quantitative estimate of drug-likeness (QED) is 0.476. The number of carbonyl (C=O) groups is 2. The predicted molar refractivity (Wildman–Crippen MR) is 123 cm³/mol. The van der Waals surface area contributed by atoms with E-state index in [1.165, 1.54) is 29.9 Å². The Bertz CT molecular complexity index is 1320. The lowest BCUT2D eigenvalue weighted by atomic mass is 10.0. The number of nitrogens with zero attached hydrogens (tertiary/aromatic N) is 5. The van der Waals surface area contributed by atoms with E-state index in [1.807, 2.05) is 6.92 Å². The second-order valence-corrected chi connectivity index (χ2v) is 8.85. The van der Waals surface area contributed by atoms with Gasteiger partial charge in [0.2, 0.25) is 0 Å². The maximum atomic E-state index is 13.2. The molecule has 1 N–H and O–H groups in total. The van der Waals surface area contributed by atoms with Crippen LogP contribution in [0, 0.1) is 0 Å². The van der Waals surface area contributed by atoms with Gasteiger partial charge in [-0.3, -0.25) is 9.59 Å². The van der Waals surface area contributed by atoms with Gasteiger partial charge in [-0.15, -0.1) is 0 Å². The molecular formula is C24H22F6N6O3. The molecule has 0 bridgehead atoms. The first-order chi connectivity index (χ1) is 18.3. The molecule has 2 atom stereocenters. The van der Waals surface area contributed by atoms with Crippen molar-refractivity contribution in [2.45, 2.75) is 38.3 Å². The topological polar surface area (TPSA) is 102 Å². The average Bonchev–Trinajstić information content (AvgIpc) is 3.38. The van der Waals surface area contributed by atoms with Gasteiger partial charge < -0.3 is 15.0 Å². The number of aromatic nitrogens is 4. The Kier molecular flexibility index (Phi) is 7.63. The molecule has 1 aliphatic heterocycles. The Morgan fingerprint density at radius 3 is 2.26 bits per heavy atom. The van der Waals surface area contributed by atoms with Gasteiger partial charge in [0.15, 0.2) is 11.6 Å². The van der Waals surface area contributed by atoms with Crippen LogP contribution in [-0.4, -0.2) is 62.3 Å². The second kappa shape index (κ2) is 10.6. The maximum Gasteiger partial charge on any atom is 0.416 e. The van der Waals surface area contributed by atoms with Crippen LogP contribution < -0.4 is 5.32 Å². The minimum absolute atomic E-state index is 0.0589. The number of halogens is 6. The third kappa shape index (κ3) is 6.19. The maximum absolute atomic E-state index is 13.2. The van der Waals surface area contributed by atoms with Gasteiger partial charge in [-0.1, -0.05) is 0 Å². The summed E-state index contributed by atoms with van der Waals surface area (Å²) >= 11 is 0. The highest BCUT2D eigenvalue weighted by atomic mass is 19.4. The molecule has 9 nitrogen and oxygen atoms in total. The van der Waals surface area contributed by atoms with E-state index in [4.69, 9.17) is 4.74 Å². The summed E-state index contributed by atoms with van der Waals surface area (Å²) in [5.74, 6) is -1.10. The van der Waals surface area contributed by atoms with E-state index in [0.717, 1.165) is 6.33 Å². The number of benzene rings is 1. The number of hydrogen-bond donors (Lipinski definition) is 1. The van der Waals surface area contributed by atoms with Gasteiger partial charge >= 0.3 is 12.4 Å². The molecule has 3 aromatic rings. The molecule has 208 valence electrons. The van der Waals surface area contributed by atoms with E-state index >= 15 is 0 Å². The van der Waals surface area contributed by atoms with Gasteiger partial charge in [0.1, 0.15) is 6.33 Å².